The maximum Gasteiger partial charge on any atom is 0.349 e. The van der Waals surface area contributed by atoms with Crippen molar-refractivity contribution in [2.75, 3.05) is 6.61 Å². The Kier molecular flexibility index (Phi) is 4.11. The first kappa shape index (κ1) is 11.0. The Hall–Kier alpha value is -2.08. The summed E-state index contributed by atoms with van der Waals surface area (Å²) in [5.41, 5.74) is 0.606. The highest BCUT2D eigenvalue weighted by Crippen LogP contribution is 2.11. The van der Waals surface area contributed by atoms with Gasteiger partial charge in [-0.1, -0.05) is 36.5 Å². The Balaban J connectivity index is 3.04. The van der Waals surface area contributed by atoms with E-state index in [1.165, 1.54) is 0 Å². The van der Waals surface area contributed by atoms with Crippen LogP contribution in [0.25, 0.3) is 0 Å². The summed E-state index contributed by atoms with van der Waals surface area (Å²) in [4.78, 5) is 11.4. The van der Waals surface area contributed by atoms with E-state index >= 15 is 0 Å². The number of nitriles is 1. The fourth-order valence-corrected chi connectivity index (χ4v) is 1.10. The third-order valence-electron chi connectivity index (χ3n) is 1.76. The van der Waals surface area contributed by atoms with Gasteiger partial charge in [-0.05, 0) is 12.5 Å². The molecule has 0 bridgehead atoms. The summed E-state index contributed by atoms with van der Waals surface area (Å²) in [6.45, 7) is 1.97. The maximum atomic E-state index is 11.4. The van der Waals surface area contributed by atoms with Crippen molar-refractivity contribution in [1.82, 2.24) is 0 Å². The van der Waals surface area contributed by atoms with Gasteiger partial charge in [0.2, 0.25) is 0 Å². The van der Waals surface area contributed by atoms with Crippen molar-refractivity contribution >= 4 is 5.97 Å². The van der Waals surface area contributed by atoms with E-state index in [9.17, 15) is 4.79 Å². The minimum absolute atomic E-state index is 0.0352. The SMILES string of the molecule is CCOC(=O)C(C#N)=C1C=CC=CC=C1. The van der Waals surface area contributed by atoms with Crippen molar-refractivity contribution in [2.45, 2.75) is 6.92 Å². The van der Waals surface area contributed by atoms with Crippen LogP contribution in [0, 0.1) is 11.3 Å². The normalized spacial score (nSPS) is 13.2. The number of rotatable bonds is 2. The van der Waals surface area contributed by atoms with Crippen LogP contribution in [0.15, 0.2) is 47.6 Å². The molecule has 3 nitrogen and oxygen atoms in total. The topological polar surface area (TPSA) is 50.1 Å². The van der Waals surface area contributed by atoms with E-state index in [0.29, 0.717) is 5.57 Å². The van der Waals surface area contributed by atoms with Crippen LogP contribution in [0.1, 0.15) is 6.92 Å². The van der Waals surface area contributed by atoms with Crippen molar-refractivity contribution in [2.24, 2.45) is 0 Å². The molecular weight excluding hydrogens is 190 g/mol. The van der Waals surface area contributed by atoms with Crippen LogP contribution >= 0.6 is 0 Å². The van der Waals surface area contributed by atoms with Crippen molar-refractivity contribution in [1.29, 1.82) is 5.26 Å². The monoisotopic (exact) mass is 201 g/mol. The van der Waals surface area contributed by atoms with Gasteiger partial charge in [-0.15, -0.1) is 0 Å². The Morgan fingerprint density at radius 2 is 1.93 bits per heavy atom. The first-order valence-electron chi connectivity index (χ1n) is 4.62. The Morgan fingerprint density at radius 3 is 2.40 bits per heavy atom. The summed E-state index contributed by atoms with van der Waals surface area (Å²) in [6.07, 6.45) is 10.6. The number of allylic oxidation sites excluding steroid dienone is 7. The van der Waals surface area contributed by atoms with Gasteiger partial charge in [0.1, 0.15) is 11.6 Å². The first-order chi connectivity index (χ1) is 7.29. The zero-order valence-electron chi connectivity index (χ0n) is 8.43. The molecule has 3 heteroatoms. The van der Waals surface area contributed by atoms with E-state index in [4.69, 9.17) is 10.00 Å². The zero-order valence-corrected chi connectivity index (χ0v) is 8.43. The quantitative estimate of drug-likeness (QED) is 0.390. The van der Waals surface area contributed by atoms with Crippen molar-refractivity contribution in [3.8, 4) is 6.07 Å². The second kappa shape index (κ2) is 5.61. The third-order valence-corrected chi connectivity index (χ3v) is 1.76. The molecule has 0 fully saturated rings. The molecule has 0 atom stereocenters. The number of ether oxygens (including phenoxy) is 1. The molecular formula is C12H11NO2. The predicted octanol–water partition coefficient (Wildman–Crippen LogP) is 2.05. The van der Waals surface area contributed by atoms with Gasteiger partial charge in [0.05, 0.1) is 6.61 Å². The van der Waals surface area contributed by atoms with E-state index in [1.807, 2.05) is 18.2 Å². The van der Waals surface area contributed by atoms with Crippen LogP contribution in [0.5, 0.6) is 0 Å². The van der Waals surface area contributed by atoms with Gasteiger partial charge in [0.25, 0.3) is 0 Å². The van der Waals surface area contributed by atoms with Crippen LogP contribution in [-0.2, 0) is 9.53 Å². The smallest absolute Gasteiger partial charge is 0.349 e. The van der Waals surface area contributed by atoms with Crippen LogP contribution in [0.2, 0.25) is 0 Å². The Labute approximate surface area is 88.7 Å². The van der Waals surface area contributed by atoms with E-state index in [-0.39, 0.29) is 12.2 Å². The highest BCUT2D eigenvalue weighted by Gasteiger charge is 2.13. The van der Waals surface area contributed by atoms with Crippen LogP contribution in [-0.4, -0.2) is 12.6 Å². The van der Waals surface area contributed by atoms with E-state index in [2.05, 4.69) is 0 Å². The Morgan fingerprint density at radius 1 is 1.33 bits per heavy atom. The lowest BCUT2D eigenvalue weighted by Gasteiger charge is -2.01. The lowest BCUT2D eigenvalue weighted by molar-refractivity contribution is -0.138. The zero-order chi connectivity index (χ0) is 11.1. The molecule has 1 aliphatic carbocycles. The molecule has 0 saturated heterocycles. The summed E-state index contributed by atoms with van der Waals surface area (Å²) < 4.78 is 4.78. The van der Waals surface area contributed by atoms with E-state index in [0.717, 1.165) is 0 Å². The molecule has 0 aromatic rings. The fourth-order valence-electron chi connectivity index (χ4n) is 1.10. The number of hydrogen-bond acceptors (Lipinski definition) is 3. The minimum Gasteiger partial charge on any atom is -0.462 e. The second-order valence-electron chi connectivity index (χ2n) is 2.77. The maximum absolute atomic E-state index is 11.4. The number of carbonyl (C=O) groups excluding carboxylic acids is 1. The molecule has 0 radical (unpaired) electrons. The molecule has 15 heavy (non-hydrogen) atoms. The van der Waals surface area contributed by atoms with Gasteiger partial charge in [-0.2, -0.15) is 5.26 Å². The first-order valence-corrected chi connectivity index (χ1v) is 4.62. The van der Waals surface area contributed by atoms with Crippen molar-refractivity contribution in [3.05, 3.63) is 47.6 Å². The van der Waals surface area contributed by atoms with E-state index in [1.54, 1.807) is 31.2 Å². The van der Waals surface area contributed by atoms with Crippen molar-refractivity contribution < 1.29 is 9.53 Å². The summed E-state index contributed by atoms with van der Waals surface area (Å²) in [7, 11) is 0. The van der Waals surface area contributed by atoms with Crippen molar-refractivity contribution in [3.63, 3.8) is 0 Å². The van der Waals surface area contributed by atoms with Gasteiger partial charge in [0.15, 0.2) is 0 Å². The number of esters is 1. The van der Waals surface area contributed by atoms with Gasteiger partial charge < -0.3 is 4.74 Å². The third kappa shape index (κ3) is 2.96. The molecule has 1 rings (SSSR count). The standard InChI is InChI=1S/C12H11NO2/c1-2-15-12(14)11(9-13)10-7-5-3-4-6-8-10/h3-8H,2H2,1H3. The van der Waals surface area contributed by atoms with Gasteiger partial charge in [-0.3, -0.25) is 0 Å². The summed E-state index contributed by atoms with van der Waals surface area (Å²) in [5.74, 6) is -0.578. The highest BCUT2D eigenvalue weighted by molar-refractivity contribution is 5.95. The van der Waals surface area contributed by atoms with Gasteiger partial charge in [-0.25, -0.2) is 4.79 Å². The molecule has 0 amide bonds. The largest absolute Gasteiger partial charge is 0.462 e. The molecule has 0 aromatic heterocycles. The summed E-state index contributed by atoms with van der Waals surface area (Å²) in [5, 5.41) is 8.87. The lowest BCUT2D eigenvalue weighted by Crippen LogP contribution is -2.07. The van der Waals surface area contributed by atoms with Crippen LogP contribution in [0.3, 0.4) is 0 Å². The fraction of sp³-hybridized carbons (Fsp3) is 0.167. The number of carbonyl (C=O) groups is 1. The molecule has 0 spiro atoms. The predicted molar refractivity (Wildman–Crippen MR) is 56.7 cm³/mol. The average molecular weight is 201 g/mol. The molecule has 0 N–H and O–H groups in total. The molecule has 76 valence electrons. The molecule has 0 aliphatic heterocycles. The molecule has 0 saturated carbocycles. The summed E-state index contributed by atoms with van der Waals surface area (Å²) in [6, 6.07) is 1.86. The second-order valence-corrected chi connectivity index (χ2v) is 2.77. The minimum atomic E-state index is -0.578. The Bertz CT molecular complexity index is 388. The highest BCUT2D eigenvalue weighted by atomic mass is 16.5. The van der Waals surface area contributed by atoms with E-state index < -0.39 is 5.97 Å². The molecule has 0 heterocycles. The van der Waals surface area contributed by atoms with Gasteiger partial charge >= 0.3 is 5.97 Å². The molecule has 1 aliphatic rings. The number of nitrogens with zero attached hydrogens (tertiary/aromatic N) is 1. The average Bonchev–Trinajstić information content (AvgIpc) is 2.48. The lowest BCUT2D eigenvalue weighted by atomic mass is 10.1. The van der Waals surface area contributed by atoms with Gasteiger partial charge in [0, 0.05) is 0 Å². The number of hydrogen-bond donors (Lipinski definition) is 0. The summed E-state index contributed by atoms with van der Waals surface area (Å²) >= 11 is 0. The molecule has 0 aromatic carbocycles. The van der Waals surface area contributed by atoms with Crippen LogP contribution < -0.4 is 0 Å². The van der Waals surface area contributed by atoms with Crippen LogP contribution in [0.4, 0.5) is 0 Å². The molecule has 0 unspecified atom stereocenters.